The highest BCUT2D eigenvalue weighted by atomic mass is 35.5. The smallest absolute Gasteiger partial charge is 0.262 e. The molecule has 34 heavy (non-hydrogen) atoms. The summed E-state index contributed by atoms with van der Waals surface area (Å²) in [7, 11) is 0. The van der Waals surface area contributed by atoms with Crippen LogP contribution in [-0.2, 0) is 4.79 Å². The standard InChI is InChI=1S/C25H28N4O3S.ClH/c1-5-27(6-2)11-12-28(25-26-20-13-16(3)17(4)14-21(20)33-25)22(30)15-29-23(31)18-9-7-8-10-19(18)24(29)32;/h7-10,13-14H,5-6,11-12,15H2,1-4H3;1H. The van der Waals surface area contributed by atoms with E-state index in [1.54, 1.807) is 29.2 Å². The number of fused-ring (bicyclic) bond motifs is 2. The first-order valence-electron chi connectivity index (χ1n) is 11.2. The van der Waals surface area contributed by atoms with Gasteiger partial charge in [-0.3, -0.25) is 24.2 Å². The van der Waals surface area contributed by atoms with Crippen molar-refractivity contribution in [2.24, 2.45) is 0 Å². The third-order valence-corrected chi connectivity index (χ3v) is 7.27. The van der Waals surface area contributed by atoms with Crippen LogP contribution in [0.2, 0.25) is 0 Å². The van der Waals surface area contributed by atoms with E-state index < -0.39 is 11.8 Å². The maximum atomic E-state index is 13.5. The summed E-state index contributed by atoms with van der Waals surface area (Å²) in [4.78, 5) is 48.7. The lowest BCUT2D eigenvalue weighted by Crippen LogP contribution is -2.45. The second-order valence-electron chi connectivity index (χ2n) is 8.21. The van der Waals surface area contributed by atoms with Crippen molar-refractivity contribution in [2.45, 2.75) is 27.7 Å². The third-order valence-electron chi connectivity index (χ3n) is 6.23. The number of anilines is 1. The fraction of sp³-hybridized carbons (Fsp3) is 0.360. The monoisotopic (exact) mass is 500 g/mol. The highest BCUT2D eigenvalue weighted by Crippen LogP contribution is 2.31. The molecular formula is C25H29ClN4O3S. The number of thiazole rings is 1. The number of carbonyl (C=O) groups is 3. The van der Waals surface area contributed by atoms with E-state index in [1.165, 1.54) is 16.9 Å². The minimum atomic E-state index is -0.428. The molecule has 3 amide bonds. The Labute approximate surface area is 209 Å². The molecule has 0 saturated carbocycles. The highest BCUT2D eigenvalue weighted by molar-refractivity contribution is 7.22. The van der Waals surface area contributed by atoms with Crippen molar-refractivity contribution in [3.63, 3.8) is 0 Å². The predicted octanol–water partition coefficient (Wildman–Crippen LogP) is 4.31. The molecule has 0 unspecified atom stereocenters. The van der Waals surface area contributed by atoms with Crippen molar-refractivity contribution in [2.75, 3.05) is 37.6 Å². The molecule has 1 aliphatic heterocycles. The van der Waals surface area contributed by atoms with E-state index in [0.29, 0.717) is 29.3 Å². The van der Waals surface area contributed by atoms with Crippen LogP contribution in [0.1, 0.15) is 45.7 Å². The number of aromatic nitrogens is 1. The first-order chi connectivity index (χ1) is 15.8. The van der Waals surface area contributed by atoms with Gasteiger partial charge in [-0.1, -0.05) is 37.3 Å². The van der Waals surface area contributed by atoms with Gasteiger partial charge in [0.2, 0.25) is 5.91 Å². The minimum absolute atomic E-state index is 0. The summed E-state index contributed by atoms with van der Waals surface area (Å²) < 4.78 is 1.01. The van der Waals surface area contributed by atoms with Crippen molar-refractivity contribution >= 4 is 56.8 Å². The SMILES string of the molecule is CCN(CC)CCN(C(=O)CN1C(=O)c2ccccc2C1=O)c1nc2cc(C)c(C)cc2s1.Cl. The fourth-order valence-corrected chi connectivity index (χ4v) is 5.08. The van der Waals surface area contributed by atoms with Crippen LogP contribution in [-0.4, -0.2) is 65.2 Å². The lowest BCUT2D eigenvalue weighted by molar-refractivity contribution is -0.119. The van der Waals surface area contributed by atoms with E-state index >= 15 is 0 Å². The number of carbonyl (C=O) groups excluding carboxylic acids is 3. The second-order valence-corrected chi connectivity index (χ2v) is 9.22. The Morgan fingerprint density at radius 1 is 0.971 bits per heavy atom. The maximum absolute atomic E-state index is 13.5. The van der Waals surface area contributed by atoms with E-state index in [1.807, 2.05) is 13.0 Å². The lowest BCUT2D eigenvalue weighted by Gasteiger charge is -2.26. The predicted molar refractivity (Wildman–Crippen MR) is 138 cm³/mol. The Hall–Kier alpha value is -2.81. The quantitative estimate of drug-likeness (QED) is 0.431. The molecule has 0 spiro atoms. The van der Waals surface area contributed by atoms with Crippen LogP contribution < -0.4 is 4.90 Å². The van der Waals surface area contributed by atoms with E-state index in [2.05, 4.69) is 31.7 Å². The second kappa shape index (κ2) is 10.6. The molecule has 0 N–H and O–H groups in total. The molecule has 0 bridgehead atoms. The highest BCUT2D eigenvalue weighted by Gasteiger charge is 2.37. The molecule has 3 aromatic rings. The summed E-state index contributed by atoms with van der Waals surface area (Å²) in [5, 5.41) is 0.587. The van der Waals surface area contributed by atoms with Gasteiger partial charge < -0.3 is 4.90 Å². The number of aryl methyl sites for hydroxylation is 2. The molecular weight excluding hydrogens is 472 g/mol. The molecule has 180 valence electrons. The van der Waals surface area contributed by atoms with Crippen LogP contribution in [0.5, 0.6) is 0 Å². The number of imide groups is 1. The number of hydrogen-bond acceptors (Lipinski definition) is 6. The zero-order valence-electron chi connectivity index (χ0n) is 19.8. The average Bonchev–Trinajstić information content (AvgIpc) is 3.31. The topological polar surface area (TPSA) is 73.8 Å². The summed E-state index contributed by atoms with van der Waals surface area (Å²) in [6, 6.07) is 10.8. The van der Waals surface area contributed by atoms with Crippen molar-refractivity contribution in [3.8, 4) is 0 Å². The van der Waals surface area contributed by atoms with Gasteiger partial charge in [0.25, 0.3) is 11.8 Å². The Morgan fingerprint density at radius 3 is 2.15 bits per heavy atom. The number of benzene rings is 2. The van der Waals surface area contributed by atoms with Crippen molar-refractivity contribution in [1.29, 1.82) is 0 Å². The molecule has 0 atom stereocenters. The normalized spacial score (nSPS) is 12.9. The third kappa shape index (κ3) is 4.85. The first kappa shape index (κ1) is 25.8. The van der Waals surface area contributed by atoms with Gasteiger partial charge in [0, 0.05) is 13.1 Å². The molecule has 2 heterocycles. The van der Waals surface area contributed by atoms with Crippen LogP contribution in [0, 0.1) is 13.8 Å². The molecule has 4 rings (SSSR count). The molecule has 9 heteroatoms. The zero-order chi connectivity index (χ0) is 23.7. The minimum Gasteiger partial charge on any atom is -0.302 e. The largest absolute Gasteiger partial charge is 0.302 e. The summed E-state index contributed by atoms with van der Waals surface area (Å²) in [5.41, 5.74) is 3.85. The lowest BCUT2D eigenvalue weighted by atomic mass is 10.1. The molecule has 0 aliphatic carbocycles. The van der Waals surface area contributed by atoms with E-state index in [0.717, 1.165) is 33.8 Å². The number of rotatable bonds is 8. The number of amides is 3. The van der Waals surface area contributed by atoms with Crippen LogP contribution in [0.3, 0.4) is 0 Å². The van der Waals surface area contributed by atoms with Gasteiger partial charge in [0.1, 0.15) is 6.54 Å². The zero-order valence-corrected chi connectivity index (χ0v) is 21.5. The van der Waals surface area contributed by atoms with Gasteiger partial charge in [-0.15, -0.1) is 12.4 Å². The Kier molecular flexibility index (Phi) is 8.07. The summed E-state index contributed by atoms with van der Waals surface area (Å²) in [6.07, 6.45) is 0. The van der Waals surface area contributed by atoms with E-state index in [9.17, 15) is 14.4 Å². The van der Waals surface area contributed by atoms with Gasteiger partial charge >= 0.3 is 0 Å². The molecule has 7 nitrogen and oxygen atoms in total. The van der Waals surface area contributed by atoms with Gasteiger partial charge in [0.15, 0.2) is 5.13 Å². The molecule has 1 aliphatic rings. The van der Waals surface area contributed by atoms with Crippen molar-refractivity contribution in [1.82, 2.24) is 14.8 Å². The Morgan fingerprint density at radius 2 is 1.56 bits per heavy atom. The molecule has 0 fully saturated rings. The van der Waals surface area contributed by atoms with Crippen LogP contribution >= 0.6 is 23.7 Å². The van der Waals surface area contributed by atoms with Gasteiger partial charge in [-0.05, 0) is 62.3 Å². The van der Waals surface area contributed by atoms with Gasteiger partial charge in [0.05, 0.1) is 21.3 Å². The van der Waals surface area contributed by atoms with Crippen LogP contribution in [0.4, 0.5) is 5.13 Å². The fourth-order valence-electron chi connectivity index (χ4n) is 3.99. The average molecular weight is 501 g/mol. The molecule has 2 aromatic carbocycles. The van der Waals surface area contributed by atoms with Crippen LogP contribution in [0.15, 0.2) is 36.4 Å². The number of nitrogens with zero attached hydrogens (tertiary/aromatic N) is 4. The first-order valence-corrected chi connectivity index (χ1v) is 12.0. The molecule has 0 saturated heterocycles. The summed E-state index contributed by atoms with van der Waals surface area (Å²) >= 11 is 1.46. The molecule has 1 aromatic heterocycles. The Balaban J connectivity index is 0.00000324. The molecule has 0 radical (unpaired) electrons. The number of likely N-dealkylation sites (N-methyl/N-ethyl adjacent to an activating group) is 1. The number of halogens is 1. The van der Waals surface area contributed by atoms with E-state index in [-0.39, 0.29) is 24.9 Å². The van der Waals surface area contributed by atoms with Gasteiger partial charge in [-0.2, -0.15) is 0 Å². The summed E-state index contributed by atoms with van der Waals surface area (Å²) in [6.45, 7) is 10.8. The summed E-state index contributed by atoms with van der Waals surface area (Å²) in [5.74, 6) is -1.17. The maximum Gasteiger partial charge on any atom is 0.262 e. The Bertz CT molecular complexity index is 1160. The number of hydrogen-bond donors (Lipinski definition) is 0. The van der Waals surface area contributed by atoms with Crippen LogP contribution in [0.25, 0.3) is 10.2 Å². The van der Waals surface area contributed by atoms with Gasteiger partial charge in [-0.25, -0.2) is 4.98 Å². The van der Waals surface area contributed by atoms with E-state index in [4.69, 9.17) is 4.98 Å². The van der Waals surface area contributed by atoms with Crippen molar-refractivity contribution in [3.05, 3.63) is 58.7 Å². The van der Waals surface area contributed by atoms with Crippen molar-refractivity contribution < 1.29 is 14.4 Å².